The van der Waals surface area contributed by atoms with Crippen molar-refractivity contribution in [3.8, 4) is 5.69 Å². The molecular formula is C20H17F3N4O2. The molecule has 1 N–H and O–H groups in total. The number of halogens is 3. The number of nitrogens with zero attached hydrogens (tertiary/aromatic N) is 3. The molecular weight excluding hydrogens is 385 g/mol. The van der Waals surface area contributed by atoms with Crippen LogP contribution in [-0.2, 0) is 11.0 Å². The number of alkyl halides is 3. The summed E-state index contributed by atoms with van der Waals surface area (Å²) in [4.78, 5) is 30.0. The number of nitrogens with one attached hydrogen (secondary N) is 1. The number of carbonyl (C=O) groups is 2. The summed E-state index contributed by atoms with van der Waals surface area (Å²) in [5, 5.41) is 2.22. The van der Waals surface area contributed by atoms with E-state index in [9.17, 15) is 22.8 Å². The molecule has 9 heteroatoms. The van der Waals surface area contributed by atoms with Gasteiger partial charge in [0, 0.05) is 12.7 Å². The van der Waals surface area contributed by atoms with Crippen LogP contribution in [0.4, 0.5) is 18.9 Å². The van der Waals surface area contributed by atoms with Gasteiger partial charge in [-0.3, -0.25) is 14.2 Å². The fourth-order valence-electron chi connectivity index (χ4n) is 2.76. The average Bonchev–Trinajstić information content (AvgIpc) is 3.17. The first-order valence-electron chi connectivity index (χ1n) is 8.56. The molecule has 6 nitrogen and oxygen atoms in total. The standard InChI is InChI=1S/C20H17F3N4O2/c1-26(12-18(28)25-16-10-6-5-9-15(16)20(21,22)23)19(29)17-11-24-13-27(17)14-7-3-2-4-8-14/h2-11,13H,12H2,1H3,(H,25,28). The van der Waals surface area contributed by atoms with Crippen molar-refractivity contribution in [2.75, 3.05) is 18.9 Å². The van der Waals surface area contributed by atoms with Crippen molar-refractivity contribution < 1.29 is 22.8 Å². The number of rotatable bonds is 5. The number of anilines is 1. The van der Waals surface area contributed by atoms with E-state index < -0.39 is 30.1 Å². The minimum Gasteiger partial charge on any atom is -0.331 e. The highest BCUT2D eigenvalue weighted by Gasteiger charge is 2.33. The number of hydrogen-bond acceptors (Lipinski definition) is 3. The Bertz CT molecular complexity index is 1020. The lowest BCUT2D eigenvalue weighted by atomic mass is 10.1. The van der Waals surface area contributed by atoms with Crippen LogP contribution in [0.15, 0.2) is 67.1 Å². The largest absolute Gasteiger partial charge is 0.418 e. The molecule has 0 aliphatic carbocycles. The van der Waals surface area contributed by atoms with Gasteiger partial charge in [0.15, 0.2) is 0 Å². The Morgan fingerprint density at radius 1 is 1.07 bits per heavy atom. The van der Waals surface area contributed by atoms with Gasteiger partial charge in [-0.1, -0.05) is 30.3 Å². The second-order valence-electron chi connectivity index (χ2n) is 6.24. The minimum atomic E-state index is -4.60. The fraction of sp³-hybridized carbons (Fsp3) is 0.150. The van der Waals surface area contributed by atoms with Crippen LogP contribution in [0.2, 0.25) is 0 Å². The third-order valence-corrected chi connectivity index (χ3v) is 4.13. The fourth-order valence-corrected chi connectivity index (χ4v) is 2.76. The highest BCUT2D eigenvalue weighted by molar-refractivity contribution is 5.99. The molecule has 1 aromatic heterocycles. The van der Waals surface area contributed by atoms with Crippen LogP contribution in [-0.4, -0.2) is 39.9 Å². The van der Waals surface area contributed by atoms with Gasteiger partial charge in [0.25, 0.3) is 5.91 Å². The number of aromatic nitrogens is 2. The summed E-state index contributed by atoms with van der Waals surface area (Å²) in [7, 11) is 1.39. The van der Waals surface area contributed by atoms with Gasteiger partial charge in [-0.2, -0.15) is 13.2 Å². The topological polar surface area (TPSA) is 67.2 Å². The molecule has 2 amide bonds. The summed E-state index contributed by atoms with van der Waals surface area (Å²) >= 11 is 0. The summed E-state index contributed by atoms with van der Waals surface area (Å²) in [6.07, 6.45) is -1.77. The Hall–Kier alpha value is -3.62. The number of likely N-dealkylation sites (N-methyl/N-ethyl adjacent to an activating group) is 1. The molecule has 0 radical (unpaired) electrons. The number of hydrogen-bond donors (Lipinski definition) is 1. The molecule has 29 heavy (non-hydrogen) atoms. The van der Waals surface area contributed by atoms with E-state index in [2.05, 4.69) is 10.3 Å². The molecule has 0 saturated carbocycles. The van der Waals surface area contributed by atoms with Gasteiger partial charge < -0.3 is 10.2 Å². The van der Waals surface area contributed by atoms with Crippen molar-refractivity contribution in [2.24, 2.45) is 0 Å². The van der Waals surface area contributed by atoms with Crippen LogP contribution in [0.5, 0.6) is 0 Å². The predicted molar refractivity (Wildman–Crippen MR) is 101 cm³/mol. The normalized spacial score (nSPS) is 11.2. The summed E-state index contributed by atoms with van der Waals surface area (Å²) in [6.45, 7) is -0.426. The maximum Gasteiger partial charge on any atom is 0.418 e. The summed E-state index contributed by atoms with van der Waals surface area (Å²) in [5.74, 6) is -1.24. The number of para-hydroxylation sites is 2. The predicted octanol–water partition coefficient (Wildman–Crippen LogP) is 3.60. The zero-order valence-electron chi connectivity index (χ0n) is 15.3. The van der Waals surface area contributed by atoms with Gasteiger partial charge in [-0.05, 0) is 24.3 Å². The maximum atomic E-state index is 13.1. The van der Waals surface area contributed by atoms with Crippen LogP contribution >= 0.6 is 0 Å². The van der Waals surface area contributed by atoms with Crippen molar-refractivity contribution in [1.29, 1.82) is 0 Å². The lowest BCUT2D eigenvalue weighted by Crippen LogP contribution is -2.36. The van der Waals surface area contributed by atoms with E-state index in [1.54, 1.807) is 28.8 Å². The molecule has 0 atom stereocenters. The van der Waals surface area contributed by atoms with Crippen LogP contribution in [0.1, 0.15) is 16.1 Å². The smallest absolute Gasteiger partial charge is 0.331 e. The van der Waals surface area contributed by atoms with E-state index in [1.165, 1.54) is 31.7 Å². The van der Waals surface area contributed by atoms with E-state index in [0.29, 0.717) is 5.69 Å². The Morgan fingerprint density at radius 3 is 2.41 bits per heavy atom. The number of benzene rings is 2. The molecule has 0 saturated heterocycles. The second-order valence-corrected chi connectivity index (χ2v) is 6.24. The minimum absolute atomic E-state index is 0.224. The summed E-state index contributed by atoms with van der Waals surface area (Å²) in [5.41, 5.74) is -0.378. The number of imidazole rings is 1. The van der Waals surface area contributed by atoms with E-state index >= 15 is 0 Å². The van der Waals surface area contributed by atoms with E-state index in [-0.39, 0.29) is 11.4 Å². The Balaban J connectivity index is 1.72. The number of amides is 2. The van der Waals surface area contributed by atoms with Gasteiger partial charge in [0.2, 0.25) is 5.91 Å². The van der Waals surface area contributed by atoms with Crippen molar-refractivity contribution >= 4 is 17.5 Å². The molecule has 2 aromatic carbocycles. The highest BCUT2D eigenvalue weighted by Crippen LogP contribution is 2.34. The van der Waals surface area contributed by atoms with Gasteiger partial charge in [0.1, 0.15) is 5.69 Å². The van der Waals surface area contributed by atoms with Crippen molar-refractivity contribution in [2.45, 2.75) is 6.18 Å². The van der Waals surface area contributed by atoms with Crippen LogP contribution in [0, 0.1) is 0 Å². The van der Waals surface area contributed by atoms with Gasteiger partial charge in [-0.15, -0.1) is 0 Å². The molecule has 3 rings (SSSR count). The Morgan fingerprint density at radius 2 is 1.72 bits per heavy atom. The van der Waals surface area contributed by atoms with Crippen molar-refractivity contribution in [1.82, 2.24) is 14.5 Å². The first-order valence-corrected chi connectivity index (χ1v) is 8.56. The molecule has 1 heterocycles. The Labute approximate surface area is 164 Å². The lowest BCUT2D eigenvalue weighted by molar-refractivity contribution is -0.137. The van der Waals surface area contributed by atoms with Crippen LogP contribution in [0.3, 0.4) is 0 Å². The zero-order valence-corrected chi connectivity index (χ0v) is 15.3. The van der Waals surface area contributed by atoms with Crippen molar-refractivity contribution in [3.05, 3.63) is 78.4 Å². The highest BCUT2D eigenvalue weighted by atomic mass is 19.4. The van der Waals surface area contributed by atoms with Crippen LogP contribution < -0.4 is 5.32 Å². The molecule has 0 bridgehead atoms. The third kappa shape index (κ3) is 4.63. The van der Waals surface area contributed by atoms with E-state index in [1.807, 2.05) is 6.07 Å². The van der Waals surface area contributed by atoms with Gasteiger partial charge >= 0.3 is 6.18 Å². The summed E-state index contributed by atoms with van der Waals surface area (Å²) in [6, 6.07) is 13.7. The van der Waals surface area contributed by atoms with Gasteiger partial charge in [0.05, 0.1) is 30.3 Å². The SMILES string of the molecule is CN(CC(=O)Nc1ccccc1C(F)(F)F)C(=O)c1cncn1-c1ccccc1. The van der Waals surface area contributed by atoms with E-state index in [4.69, 9.17) is 0 Å². The third-order valence-electron chi connectivity index (χ3n) is 4.13. The molecule has 150 valence electrons. The molecule has 0 aliphatic rings. The molecule has 0 spiro atoms. The summed E-state index contributed by atoms with van der Waals surface area (Å²) < 4.78 is 40.7. The zero-order chi connectivity index (χ0) is 21.0. The van der Waals surface area contributed by atoms with Gasteiger partial charge in [-0.25, -0.2) is 4.98 Å². The molecule has 3 aromatic rings. The molecule has 0 unspecified atom stereocenters. The maximum absolute atomic E-state index is 13.1. The van der Waals surface area contributed by atoms with Crippen LogP contribution in [0.25, 0.3) is 5.69 Å². The lowest BCUT2D eigenvalue weighted by Gasteiger charge is -2.19. The second kappa shape index (κ2) is 8.17. The van der Waals surface area contributed by atoms with E-state index in [0.717, 1.165) is 17.0 Å². The number of carbonyl (C=O) groups excluding carboxylic acids is 2. The van der Waals surface area contributed by atoms with Crippen molar-refractivity contribution in [3.63, 3.8) is 0 Å². The monoisotopic (exact) mass is 402 g/mol. The first-order chi connectivity index (χ1) is 13.8. The Kier molecular flexibility index (Phi) is 5.67. The quantitative estimate of drug-likeness (QED) is 0.709. The first kappa shape index (κ1) is 20.1. The molecule has 0 aliphatic heterocycles. The molecule has 0 fully saturated rings. The average molecular weight is 402 g/mol.